The molecule has 0 radical (unpaired) electrons. The van der Waals surface area contributed by atoms with E-state index in [2.05, 4.69) is 14.5 Å². The van der Waals surface area contributed by atoms with E-state index in [1.165, 1.54) is 5.56 Å². The summed E-state index contributed by atoms with van der Waals surface area (Å²) in [5.74, 6) is 1.49. The molecular weight excluding hydrogens is 332 g/mol. The highest BCUT2D eigenvalue weighted by Gasteiger charge is 2.28. The Kier molecular flexibility index (Phi) is 4.61. The lowest BCUT2D eigenvalue weighted by molar-refractivity contribution is 0.0704. The molecule has 4 rings (SSSR count). The number of likely N-dealkylation sites (tertiary alicyclic amines) is 1. The highest BCUT2D eigenvalue weighted by atomic mass is 32.1. The first-order valence-corrected chi connectivity index (χ1v) is 9.47. The average Bonchev–Trinajstić information content (AvgIpc) is 3.34. The van der Waals surface area contributed by atoms with Crippen LogP contribution in [0.4, 0.5) is 0 Å². The molecule has 5 nitrogen and oxygen atoms in total. The molecule has 0 aromatic carbocycles. The summed E-state index contributed by atoms with van der Waals surface area (Å²) in [6.45, 7) is 2.35. The summed E-state index contributed by atoms with van der Waals surface area (Å²) >= 11 is 1.57. The molecule has 1 aliphatic heterocycles. The van der Waals surface area contributed by atoms with Crippen LogP contribution in [0.1, 0.15) is 40.5 Å². The normalized spacial score (nSPS) is 17.6. The van der Waals surface area contributed by atoms with Crippen LogP contribution in [-0.2, 0) is 6.54 Å². The highest BCUT2D eigenvalue weighted by Crippen LogP contribution is 2.27. The molecule has 1 fully saturated rings. The van der Waals surface area contributed by atoms with Gasteiger partial charge < -0.3 is 9.47 Å². The molecule has 0 unspecified atom stereocenters. The van der Waals surface area contributed by atoms with E-state index >= 15 is 0 Å². The van der Waals surface area contributed by atoms with Crippen molar-refractivity contribution in [3.8, 4) is 0 Å². The van der Waals surface area contributed by atoms with Crippen LogP contribution < -0.4 is 0 Å². The third-order valence-corrected chi connectivity index (χ3v) is 5.38. The van der Waals surface area contributed by atoms with Gasteiger partial charge in [0.1, 0.15) is 5.82 Å². The lowest BCUT2D eigenvalue weighted by Gasteiger charge is -2.32. The Balaban J connectivity index is 1.50. The number of carbonyl (C=O) groups is 1. The monoisotopic (exact) mass is 352 g/mol. The van der Waals surface area contributed by atoms with Gasteiger partial charge in [0, 0.05) is 55.7 Å². The number of carbonyl (C=O) groups excluding carboxylic acids is 1. The zero-order chi connectivity index (χ0) is 17.1. The van der Waals surface area contributed by atoms with Gasteiger partial charge in [-0.05, 0) is 42.0 Å². The largest absolute Gasteiger partial charge is 0.338 e. The lowest BCUT2D eigenvalue weighted by atomic mass is 9.96. The van der Waals surface area contributed by atoms with Crippen molar-refractivity contribution in [2.24, 2.45) is 0 Å². The first-order valence-electron chi connectivity index (χ1n) is 8.52. The minimum absolute atomic E-state index is 0.137. The van der Waals surface area contributed by atoms with Gasteiger partial charge in [0.25, 0.3) is 5.91 Å². The van der Waals surface area contributed by atoms with Gasteiger partial charge in [-0.2, -0.15) is 11.3 Å². The number of hydrogen-bond donors (Lipinski definition) is 0. The SMILES string of the molecule is O=C(c1ccsc1)N1CCC[C@H](c2nccn2Cc2ccncc2)C1. The second-order valence-corrected chi connectivity index (χ2v) is 7.15. The minimum Gasteiger partial charge on any atom is -0.338 e. The molecule has 1 atom stereocenters. The van der Waals surface area contributed by atoms with Crippen molar-refractivity contribution >= 4 is 17.2 Å². The Morgan fingerprint density at radius 1 is 1.24 bits per heavy atom. The second kappa shape index (κ2) is 7.19. The zero-order valence-electron chi connectivity index (χ0n) is 13.9. The van der Waals surface area contributed by atoms with E-state index in [0.29, 0.717) is 0 Å². The molecule has 0 aliphatic carbocycles. The second-order valence-electron chi connectivity index (χ2n) is 6.37. The van der Waals surface area contributed by atoms with Gasteiger partial charge >= 0.3 is 0 Å². The van der Waals surface area contributed by atoms with Crippen molar-refractivity contribution < 1.29 is 4.79 Å². The van der Waals surface area contributed by atoms with Crippen molar-refractivity contribution in [2.75, 3.05) is 13.1 Å². The summed E-state index contributed by atoms with van der Waals surface area (Å²) in [6, 6.07) is 5.95. The molecule has 4 heterocycles. The fourth-order valence-electron chi connectivity index (χ4n) is 3.44. The van der Waals surface area contributed by atoms with Crippen LogP contribution in [0, 0.1) is 0 Å². The third-order valence-electron chi connectivity index (χ3n) is 4.69. The van der Waals surface area contributed by atoms with Crippen LogP contribution >= 0.6 is 11.3 Å². The third kappa shape index (κ3) is 3.49. The van der Waals surface area contributed by atoms with Gasteiger partial charge in [-0.3, -0.25) is 9.78 Å². The van der Waals surface area contributed by atoms with Crippen LogP contribution in [0.3, 0.4) is 0 Å². The Bertz CT molecular complexity index is 828. The topological polar surface area (TPSA) is 51.0 Å². The molecule has 25 heavy (non-hydrogen) atoms. The summed E-state index contributed by atoms with van der Waals surface area (Å²) in [5.41, 5.74) is 2.00. The summed E-state index contributed by atoms with van der Waals surface area (Å²) in [7, 11) is 0. The van der Waals surface area contributed by atoms with Gasteiger partial charge in [0.2, 0.25) is 0 Å². The minimum atomic E-state index is 0.137. The summed E-state index contributed by atoms with van der Waals surface area (Å²) < 4.78 is 2.19. The number of piperidine rings is 1. The summed E-state index contributed by atoms with van der Waals surface area (Å²) in [4.78, 5) is 23.3. The van der Waals surface area contributed by atoms with Gasteiger partial charge in [0.15, 0.2) is 0 Å². The van der Waals surface area contributed by atoms with Crippen LogP contribution in [0.25, 0.3) is 0 Å². The molecule has 1 saturated heterocycles. The van der Waals surface area contributed by atoms with Gasteiger partial charge in [-0.25, -0.2) is 4.98 Å². The predicted octanol–water partition coefficient (Wildman–Crippen LogP) is 3.41. The maximum absolute atomic E-state index is 12.7. The van der Waals surface area contributed by atoms with E-state index in [-0.39, 0.29) is 11.8 Å². The molecule has 128 valence electrons. The Morgan fingerprint density at radius 2 is 2.12 bits per heavy atom. The van der Waals surface area contributed by atoms with E-state index in [0.717, 1.165) is 43.9 Å². The fourth-order valence-corrected chi connectivity index (χ4v) is 4.07. The molecule has 0 N–H and O–H groups in total. The average molecular weight is 352 g/mol. The molecule has 0 bridgehead atoms. The maximum atomic E-state index is 12.7. The molecule has 6 heteroatoms. The Morgan fingerprint density at radius 3 is 2.92 bits per heavy atom. The highest BCUT2D eigenvalue weighted by molar-refractivity contribution is 7.08. The first-order chi connectivity index (χ1) is 12.3. The van der Waals surface area contributed by atoms with E-state index in [1.54, 1.807) is 11.3 Å². The number of nitrogens with zero attached hydrogens (tertiary/aromatic N) is 4. The van der Waals surface area contributed by atoms with E-state index < -0.39 is 0 Å². The van der Waals surface area contributed by atoms with Crippen LogP contribution in [0.5, 0.6) is 0 Å². The number of rotatable bonds is 4. The van der Waals surface area contributed by atoms with Crippen LogP contribution in [0.2, 0.25) is 0 Å². The number of amides is 1. The number of thiophene rings is 1. The van der Waals surface area contributed by atoms with Crippen LogP contribution in [-0.4, -0.2) is 38.4 Å². The molecule has 0 saturated carbocycles. The molecule has 0 spiro atoms. The zero-order valence-corrected chi connectivity index (χ0v) is 14.7. The number of pyridine rings is 1. The van der Waals surface area contributed by atoms with Crippen molar-refractivity contribution in [3.05, 3.63) is 70.7 Å². The Hall–Kier alpha value is -2.47. The lowest BCUT2D eigenvalue weighted by Crippen LogP contribution is -2.39. The van der Waals surface area contributed by atoms with Crippen LogP contribution in [0.15, 0.2) is 53.7 Å². The standard InChI is InChI=1S/C19H20N4OS/c24-19(17-5-11-25-14-17)23-9-1-2-16(13-23)18-21-8-10-22(18)12-15-3-6-20-7-4-15/h3-8,10-11,14,16H,1-2,9,12-13H2/t16-/m0/s1. The number of imidazole rings is 1. The van der Waals surface area contributed by atoms with Crippen molar-refractivity contribution in [2.45, 2.75) is 25.3 Å². The quantitative estimate of drug-likeness (QED) is 0.723. The predicted molar refractivity (Wildman–Crippen MR) is 97.8 cm³/mol. The summed E-state index contributed by atoms with van der Waals surface area (Å²) in [5, 5.41) is 3.88. The van der Waals surface area contributed by atoms with Crippen molar-refractivity contribution in [1.82, 2.24) is 19.4 Å². The van der Waals surface area contributed by atoms with Gasteiger partial charge in [-0.1, -0.05) is 0 Å². The number of aromatic nitrogens is 3. The first kappa shape index (κ1) is 16.0. The smallest absolute Gasteiger partial charge is 0.254 e. The van der Waals surface area contributed by atoms with E-state index in [9.17, 15) is 4.79 Å². The maximum Gasteiger partial charge on any atom is 0.254 e. The Labute approximate surface area is 151 Å². The molecule has 3 aromatic heterocycles. The molecule has 1 amide bonds. The van der Waals surface area contributed by atoms with Crippen molar-refractivity contribution in [3.63, 3.8) is 0 Å². The number of hydrogen-bond acceptors (Lipinski definition) is 4. The van der Waals surface area contributed by atoms with Gasteiger partial charge in [-0.15, -0.1) is 0 Å². The van der Waals surface area contributed by atoms with E-state index in [1.807, 2.05) is 58.6 Å². The summed E-state index contributed by atoms with van der Waals surface area (Å²) in [6.07, 6.45) is 9.59. The van der Waals surface area contributed by atoms with Crippen molar-refractivity contribution in [1.29, 1.82) is 0 Å². The fraction of sp³-hybridized carbons (Fsp3) is 0.316. The van der Waals surface area contributed by atoms with Gasteiger partial charge in [0.05, 0.1) is 5.56 Å². The van der Waals surface area contributed by atoms with E-state index in [4.69, 9.17) is 0 Å². The molecule has 3 aromatic rings. The molecular formula is C19H20N4OS. The molecule has 1 aliphatic rings.